The number of thiazole rings is 1. The predicted molar refractivity (Wildman–Crippen MR) is 168 cm³/mol. The number of phosphoric ester groups is 1. The Labute approximate surface area is 257 Å². The molecule has 0 aliphatic heterocycles. The van der Waals surface area contributed by atoms with Crippen LogP contribution >= 0.6 is 19.2 Å². The summed E-state index contributed by atoms with van der Waals surface area (Å²) in [6.07, 6.45) is 22.2. The molecule has 0 fully saturated rings. The van der Waals surface area contributed by atoms with Gasteiger partial charge < -0.3 is 19.3 Å². The van der Waals surface area contributed by atoms with Crippen LogP contribution < -0.4 is 0 Å². The topological polar surface area (TPSA) is 132 Å². The number of nitrogens with zero attached hydrogens (tertiary/aromatic N) is 1. The van der Waals surface area contributed by atoms with Gasteiger partial charge in [0.1, 0.15) is 18.3 Å². The van der Waals surface area contributed by atoms with Gasteiger partial charge in [-0.3, -0.25) is 14.1 Å². The molecule has 0 saturated heterocycles. The molecule has 42 heavy (non-hydrogen) atoms. The van der Waals surface area contributed by atoms with Gasteiger partial charge in [-0.05, 0) is 26.2 Å². The number of ether oxygens (including phenoxy) is 2. The summed E-state index contributed by atoms with van der Waals surface area (Å²) < 4.78 is 27.2. The number of hydrogen-bond acceptors (Lipinski definition) is 8. The van der Waals surface area contributed by atoms with Crippen molar-refractivity contribution in [2.24, 2.45) is 0 Å². The first-order valence-electron chi connectivity index (χ1n) is 16.1. The van der Waals surface area contributed by atoms with Crippen molar-refractivity contribution in [1.82, 2.24) is 4.98 Å². The van der Waals surface area contributed by atoms with Gasteiger partial charge >= 0.3 is 13.8 Å². The standard InChI is InChI=1S/C31H56NO8PS/c1-3-4-5-6-7-8-9-10-11-12-13-14-15-16-17-18-21-38-26-29(40-30(34)24-27(2)33)25-28(31-32-20-23-42-31)19-22-39-41(35,36)37/h20,23,28-29H,3-19,21-22,24-26H2,1-2H3,(H2,35,36,37). The van der Waals surface area contributed by atoms with E-state index in [4.69, 9.17) is 19.3 Å². The highest BCUT2D eigenvalue weighted by Gasteiger charge is 2.25. The van der Waals surface area contributed by atoms with Crippen LogP contribution in [0.1, 0.15) is 147 Å². The molecular weight excluding hydrogens is 577 g/mol. The predicted octanol–water partition coefficient (Wildman–Crippen LogP) is 8.29. The molecule has 0 aromatic carbocycles. The quantitative estimate of drug-likeness (QED) is 0.0387. The van der Waals surface area contributed by atoms with Gasteiger partial charge in [-0.2, -0.15) is 0 Å². The Morgan fingerprint density at radius 3 is 1.90 bits per heavy atom. The van der Waals surface area contributed by atoms with Crippen molar-refractivity contribution >= 4 is 30.9 Å². The molecule has 1 rings (SSSR count). The van der Waals surface area contributed by atoms with Crippen LogP contribution in [0.2, 0.25) is 0 Å². The lowest BCUT2D eigenvalue weighted by atomic mass is 9.99. The van der Waals surface area contributed by atoms with Crippen LogP contribution in [0.15, 0.2) is 11.6 Å². The van der Waals surface area contributed by atoms with Crippen molar-refractivity contribution in [3.8, 4) is 0 Å². The first-order valence-corrected chi connectivity index (χ1v) is 18.5. The summed E-state index contributed by atoms with van der Waals surface area (Å²) in [5.41, 5.74) is 0. The maximum Gasteiger partial charge on any atom is 0.469 e. The maximum atomic E-state index is 12.2. The summed E-state index contributed by atoms with van der Waals surface area (Å²) in [7, 11) is -4.59. The molecular formula is C31H56NO8PS. The highest BCUT2D eigenvalue weighted by atomic mass is 32.1. The average molecular weight is 634 g/mol. The number of esters is 1. The number of carbonyl (C=O) groups is 2. The number of phosphoric acid groups is 1. The zero-order chi connectivity index (χ0) is 30.9. The second-order valence-electron chi connectivity index (χ2n) is 11.3. The Morgan fingerprint density at radius 1 is 0.881 bits per heavy atom. The Balaban J connectivity index is 2.27. The van der Waals surface area contributed by atoms with E-state index in [-0.39, 0.29) is 31.3 Å². The lowest BCUT2D eigenvalue weighted by Crippen LogP contribution is -2.27. The van der Waals surface area contributed by atoms with Crippen molar-refractivity contribution in [1.29, 1.82) is 0 Å². The molecule has 0 radical (unpaired) electrons. The molecule has 0 bridgehead atoms. The molecule has 0 aliphatic rings. The lowest BCUT2D eigenvalue weighted by Gasteiger charge is -2.23. The minimum Gasteiger partial charge on any atom is -0.460 e. The Bertz CT molecular complexity index is 848. The molecule has 0 saturated carbocycles. The smallest absolute Gasteiger partial charge is 0.460 e. The third-order valence-corrected chi connectivity index (χ3v) is 8.67. The minimum atomic E-state index is -4.59. The molecule has 2 atom stereocenters. The number of carbonyl (C=O) groups excluding carboxylic acids is 2. The van der Waals surface area contributed by atoms with Crippen molar-refractivity contribution in [2.45, 2.75) is 148 Å². The lowest BCUT2D eigenvalue weighted by molar-refractivity contribution is -0.154. The molecule has 1 heterocycles. The van der Waals surface area contributed by atoms with Crippen LogP contribution in [0.25, 0.3) is 0 Å². The van der Waals surface area contributed by atoms with E-state index in [1.54, 1.807) is 6.20 Å². The van der Waals surface area contributed by atoms with Crippen LogP contribution in [-0.4, -0.2) is 52.4 Å². The Kier molecular flexibility index (Phi) is 23.3. The van der Waals surface area contributed by atoms with Crippen LogP contribution in [0.5, 0.6) is 0 Å². The molecule has 0 aliphatic carbocycles. The molecule has 2 unspecified atom stereocenters. The molecule has 9 nitrogen and oxygen atoms in total. The van der Waals surface area contributed by atoms with Gasteiger partial charge in [0.15, 0.2) is 0 Å². The van der Waals surface area contributed by atoms with Gasteiger partial charge in [0.2, 0.25) is 0 Å². The fraction of sp³-hybridized carbons (Fsp3) is 0.839. The minimum absolute atomic E-state index is 0.164. The number of unbranched alkanes of at least 4 members (excludes halogenated alkanes) is 15. The molecule has 11 heteroatoms. The molecule has 2 N–H and O–H groups in total. The first kappa shape index (κ1) is 38.9. The third kappa shape index (κ3) is 23.3. The Hall–Kier alpha value is -1.16. The van der Waals surface area contributed by atoms with E-state index in [9.17, 15) is 14.2 Å². The monoisotopic (exact) mass is 633 g/mol. The van der Waals surface area contributed by atoms with E-state index in [0.717, 1.165) is 17.8 Å². The number of hydrogen-bond donors (Lipinski definition) is 2. The summed E-state index contributed by atoms with van der Waals surface area (Å²) >= 11 is 1.42. The van der Waals surface area contributed by atoms with Crippen molar-refractivity contribution in [3.63, 3.8) is 0 Å². The normalized spacial score (nSPS) is 13.2. The van der Waals surface area contributed by atoms with Crippen molar-refractivity contribution in [3.05, 3.63) is 16.6 Å². The summed E-state index contributed by atoms with van der Waals surface area (Å²) in [6, 6.07) is 0. The highest BCUT2D eigenvalue weighted by Crippen LogP contribution is 2.37. The molecule has 1 aromatic heterocycles. The van der Waals surface area contributed by atoms with E-state index in [0.29, 0.717) is 19.4 Å². The van der Waals surface area contributed by atoms with E-state index in [2.05, 4.69) is 16.4 Å². The number of Topliss-reactive ketones (excluding diaryl/α,β-unsaturated/α-hetero) is 1. The zero-order valence-corrected chi connectivity index (χ0v) is 27.7. The summed E-state index contributed by atoms with van der Waals surface area (Å²) in [4.78, 5) is 46.0. The van der Waals surface area contributed by atoms with Gasteiger partial charge in [-0.25, -0.2) is 9.55 Å². The number of rotatable bonds is 29. The van der Waals surface area contributed by atoms with Crippen LogP contribution in [-0.2, 0) is 28.2 Å². The first-order chi connectivity index (χ1) is 20.2. The average Bonchev–Trinajstić information content (AvgIpc) is 3.45. The second-order valence-corrected chi connectivity index (χ2v) is 13.4. The SMILES string of the molecule is CCCCCCCCCCCCCCCCCCOCC(CC(CCOP(=O)(O)O)c1nccs1)OC(=O)CC(C)=O. The summed E-state index contributed by atoms with van der Waals surface area (Å²) in [5.74, 6) is -1.13. The van der Waals surface area contributed by atoms with E-state index < -0.39 is 19.9 Å². The van der Waals surface area contributed by atoms with Gasteiger partial charge in [0.25, 0.3) is 0 Å². The fourth-order valence-electron chi connectivity index (χ4n) is 4.96. The van der Waals surface area contributed by atoms with Gasteiger partial charge in [0.05, 0.1) is 18.2 Å². The van der Waals surface area contributed by atoms with Crippen LogP contribution in [0, 0.1) is 0 Å². The van der Waals surface area contributed by atoms with Crippen LogP contribution in [0.3, 0.4) is 0 Å². The maximum absolute atomic E-state index is 12.2. The molecule has 0 spiro atoms. The van der Waals surface area contributed by atoms with Crippen molar-refractivity contribution < 1.29 is 37.9 Å². The molecule has 244 valence electrons. The molecule has 1 aromatic rings. The van der Waals surface area contributed by atoms with E-state index in [1.807, 2.05) is 5.38 Å². The third-order valence-electron chi connectivity index (χ3n) is 7.21. The molecule has 0 amide bonds. The van der Waals surface area contributed by atoms with Crippen molar-refractivity contribution in [2.75, 3.05) is 19.8 Å². The summed E-state index contributed by atoms with van der Waals surface area (Å²) in [6.45, 7) is 4.18. The largest absolute Gasteiger partial charge is 0.469 e. The highest BCUT2D eigenvalue weighted by molar-refractivity contribution is 7.46. The van der Waals surface area contributed by atoms with Gasteiger partial charge in [-0.15, -0.1) is 11.3 Å². The van der Waals surface area contributed by atoms with E-state index >= 15 is 0 Å². The van der Waals surface area contributed by atoms with Crippen LogP contribution in [0.4, 0.5) is 0 Å². The van der Waals surface area contributed by atoms with Gasteiger partial charge in [-0.1, -0.05) is 103 Å². The Morgan fingerprint density at radius 2 is 1.43 bits per heavy atom. The number of aromatic nitrogens is 1. The second kappa shape index (κ2) is 25.2. The van der Waals surface area contributed by atoms with E-state index in [1.165, 1.54) is 108 Å². The fourth-order valence-corrected chi connectivity index (χ4v) is 6.09. The zero-order valence-electron chi connectivity index (χ0n) is 26.0. The number of ketones is 1. The summed E-state index contributed by atoms with van der Waals surface area (Å²) in [5, 5.41) is 2.58. The van der Waals surface area contributed by atoms with Gasteiger partial charge in [0, 0.05) is 24.1 Å².